The van der Waals surface area contributed by atoms with E-state index in [1.165, 1.54) is 0 Å². The molecule has 0 aliphatic heterocycles. The number of H-pyrrole nitrogens is 2. The topological polar surface area (TPSA) is 44.5 Å². The van der Waals surface area contributed by atoms with Gasteiger partial charge in [-0.25, -0.2) is 0 Å². The second-order valence-corrected chi connectivity index (χ2v) is 4.80. The summed E-state index contributed by atoms with van der Waals surface area (Å²) in [4.78, 5) is 4.14. The Hall–Kier alpha value is -0.460. The smallest absolute Gasteiger partial charge is 0.213 e. The molecule has 0 saturated carbocycles. The van der Waals surface area contributed by atoms with Crippen molar-refractivity contribution in [1.29, 1.82) is 0 Å². The summed E-state index contributed by atoms with van der Waals surface area (Å²) >= 11 is 11.7. The van der Waals surface area contributed by atoms with Crippen LogP contribution in [0.2, 0.25) is 0 Å². The maximum absolute atomic E-state index is 4.88. The summed E-state index contributed by atoms with van der Waals surface area (Å²) in [7, 11) is 0. The first-order chi connectivity index (χ1) is 6.66. The van der Waals surface area contributed by atoms with Crippen LogP contribution < -0.4 is 0 Å². The Morgan fingerprint density at radius 3 is 2.64 bits per heavy atom. The van der Waals surface area contributed by atoms with Crippen molar-refractivity contribution in [3.05, 3.63) is 31.9 Å². The number of aromatic amines is 2. The van der Waals surface area contributed by atoms with Crippen molar-refractivity contribution in [2.75, 3.05) is 0 Å². The van der Waals surface area contributed by atoms with Crippen LogP contribution in [0.4, 0.5) is 0 Å². The summed E-state index contributed by atoms with van der Waals surface area (Å²) in [5.41, 5.74) is 0.965. The molecule has 0 atom stereocenters. The zero-order chi connectivity index (χ0) is 10.1. The standard InChI is InChI=1S/C8H5Br2N3S/c9-4-1-2-6(10)5(3-4)7-11-8(14)13-12-7/h1-3H,(H2,11,12,13,14). The fraction of sp³-hybridized carbons (Fsp3) is 0. The van der Waals surface area contributed by atoms with Gasteiger partial charge in [0.05, 0.1) is 0 Å². The summed E-state index contributed by atoms with van der Waals surface area (Å²) in [5.74, 6) is 0.725. The fourth-order valence-corrected chi connectivity index (χ4v) is 2.01. The third-order valence-electron chi connectivity index (χ3n) is 1.68. The van der Waals surface area contributed by atoms with Crippen molar-refractivity contribution < 1.29 is 0 Å². The molecule has 0 aliphatic rings. The molecule has 1 heterocycles. The van der Waals surface area contributed by atoms with Gasteiger partial charge in [0.15, 0.2) is 5.82 Å². The first-order valence-electron chi connectivity index (χ1n) is 3.77. The average molecular weight is 335 g/mol. The van der Waals surface area contributed by atoms with Crippen molar-refractivity contribution in [1.82, 2.24) is 15.2 Å². The van der Waals surface area contributed by atoms with E-state index in [4.69, 9.17) is 12.2 Å². The van der Waals surface area contributed by atoms with Gasteiger partial charge < -0.3 is 0 Å². The highest BCUT2D eigenvalue weighted by Gasteiger charge is 2.06. The molecule has 0 saturated heterocycles. The minimum atomic E-state index is 0.451. The minimum absolute atomic E-state index is 0.451. The van der Waals surface area contributed by atoms with E-state index in [9.17, 15) is 0 Å². The number of rotatable bonds is 1. The molecule has 1 aromatic heterocycles. The van der Waals surface area contributed by atoms with Gasteiger partial charge in [-0.1, -0.05) is 31.9 Å². The lowest BCUT2D eigenvalue weighted by atomic mass is 10.2. The van der Waals surface area contributed by atoms with Crippen molar-refractivity contribution in [2.24, 2.45) is 0 Å². The SMILES string of the molecule is S=c1nc(-c2cc(Br)ccc2Br)[nH][nH]1. The highest BCUT2D eigenvalue weighted by molar-refractivity contribution is 9.11. The van der Waals surface area contributed by atoms with Gasteiger partial charge in [-0.15, -0.1) is 0 Å². The van der Waals surface area contributed by atoms with E-state index < -0.39 is 0 Å². The molecule has 2 aromatic rings. The predicted octanol–water partition coefficient (Wildman–Crippen LogP) is 3.66. The van der Waals surface area contributed by atoms with Crippen molar-refractivity contribution >= 4 is 44.1 Å². The molecular weight excluding hydrogens is 330 g/mol. The third-order valence-corrected chi connectivity index (χ3v) is 3.06. The number of nitrogens with zero attached hydrogens (tertiary/aromatic N) is 1. The Labute approximate surface area is 102 Å². The van der Waals surface area contributed by atoms with Crippen molar-refractivity contribution in [3.8, 4) is 11.4 Å². The number of nitrogens with one attached hydrogen (secondary N) is 2. The Bertz CT molecular complexity index is 517. The summed E-state index contributed by atoms with van der Waals surface area (Å²) in [5, 5.41) is 5.66. The molecule has 0 unspecified atom stereocenters. The molecule has 6 heteroatoms. The molecule has 0 aliphatic carbocycles. The van der Waals surface area contributed by atoms with Crippen molar-refractivity contribution in [2.45, 2.75) is 0 Å². The molecule has 0 amide bonds. The number of halogens is 2. The minimum Gasteiger partial charge on any atom is -0.282 e. The first kappa shape index (κ1) is 10.1. The van der Waals surface area contributed by atoms with Gasteiger partial charge in [0.25, 0.3) is 0 Å². The Morgan fingerprint density at radius 2 is 2.00 bits per heavy atom. The highest BCUT2D eigenvalue weighted by atomic mass is 79.9. The van der Waals surface area contributed by atoms with E-state index in [2.05, 4.69) is 47.0 Å². The van der Waals surface area contributed by atoms with E-state index in [1.807, 2.05) is 18.2 Å². The van der Waals surface area contributed by atoms with E-state index in [-0.39, 0.29) is 0 Å². The van der Waals surface area contributed by atoms with Crippen LogP contribution in [0.5, 0.6) is 0 Å². The second-order valence-electron chi connectivity index (χ2n) is 2.64. The van der Waals surface area contributed by atoms with Gasteiger partial charge in [0.2, 0.25) is 4.77 Å². The van der Waals surface area contributed by atoms with Crippen LogP contribution in [0, 0.1) is 4.77 Å². The molecule has 72 valence electrons. The van der Waals surface area contributed by atoms with Crippen LogP contribution in [0.3, 0.4) is 0 Å². The summed E-state index contributed by atoms with van der Waals surface area (Å²) in [6, 6.07) is 5.87. The molecule has 3 nitrogen and oxygen atoms in total. The van der Waals surface area contributed by atoms with Crippen LogP contribution in [0.1, 0.15) is 0 Å². The number of aromatic nitrogens is 3. The molecule has 0 spiro atoms. The van der Waals surface area contributed by atoms with Gasteiger partial charge in [-0.3, -0.25) is 10.2 Å². The monoisotopic (exact) mass is 333 g/mol. The van der Waals surface area contributed by atoms with Gasteiger partial charge in [0.1, 0.15) is 0 Å². The lowest BCUT2D eigenvalue weighted by Crippen LogP contribution is -1.82. The number of hydrogen-bond acceptors (Lipinski definition) is 2. The zero-order valence-corrected chi connectivity index (χ0v) is 10.8. The number of hydrogen-bond donors (Lipinski definition) is 2. The molecule has 2 N–H and O–H groups in total. The van der Waals surface area contributed by atoms with Crippen LogP contribution >= 0.6 is 44.1 Å². The van der Waals surface area contributed by atoms with Crippen LogP contribution in [0.15, 0.2) is 27.1 Å². The summed E-state index contributed by atoms with van der Waals surface area (Å²) in [6.07, 6.45) is 0. The maximum Gasteiger partial charge on any atom is 0.213 e. The van der Waals surface area contributed by atoms with E-state index in [0.717, 1.165) is 20.3 Å². The van der Waals surface area contributed by atoms with Gasteiger partial charge in [-0.05, 0) is 30.4 Å². The summed E-state index contributed by atoms with van der Waals surface area (Å²) < 4.78 is 2.42. The van der Waals surface area contributed by atoms with Crippen LogP contribution in [0.25, 0.3) is 11.4 Å². The van der Waals surface area contributed by atoms with E-state index >= 15 is 0 Å². The molecule has 0 bridgehead atoms. The first-order valence-corrected chi connectivity index (χ1v) is 5.76. The fourth-order valence-electron chi connectivity index (χ4n) is 1.08. The quantitative estimate of drug-likeness (QED) is 0.782. The second kappa shape index (κ2) is 3.96. The molecule has 0 radical (unpaired) electrons. The largest absolute Gasteiger partial charge is 0.282 e. The van der Waals surface area contributed by atoms with Gasteiger partial charge in [-0.2, -0.15) is 4.98 Å². The normalized spacial score (nSPS) is 10.4. The summed E-state index contributed by atoms with van der Waals surface area (Å²) in [6.45, 7) is 0. The van der Waals surface area contributed by atoms with Gasteiger partial charge in [0, 0.05) is 14.5 Å². The zero-order valence-electron chi connectivity index (χ0n) is 6.84. The maximum atomic E-state index is 4.88. The molecule has 14 heavy (non-hydrogen) atoms. The van der Waals surface area contributed by atoms with E-state index in [0.29, 0.717) is 4.77 Å². The third kappa shape index (κ3) is 1.97. The van der Waals surface area contributed by atoms with Crippen LogP contribution in [-0.2, 0) is 0 Å². The van der Waals surface area contributed by atoms with E-state index in [1.54, 1.807) is 0 Å². The Kier molecular flexibility index (Phi) is 2.85. The lowest BCUT2D eigenvalue weighted by molar-refractivity contribution is 1.08. The Morgan fingerprint density at radius 1 is 1.21 bits per heavy atom. The number of benzene rings is 1. The van der Waals surface area contributed by atoms with Gasteiger partial charge >= 0.3 is 0 Å². The van der Waals surface area contributed by atoms with Crippen LogP contribution in [-0.4, -0.2) is 15.2 Å². The highest BCUT2D eigenvalue weighted by Crippen LogP contribution is 2.28. The van der Waals surface area contributed by atoms with Crippen molar-refractivity contribution in [3.63, 3.8) is 0 Å². The average Bonchev–Trinajstić information content (AvgIpc) is 2.56. The Balaban J connectivity index is 2.61. The molecule has 2 rings (SSSR count). The lowest BCUT2D eigenvalue weighted by Gasteiger charge is -2.00. The molecule has 1 aromatic carbocycles. The molecule has 0 fully saturated rings. The predicted molar refractivity (Wildman–Crippen MR) is 64.6 cm³/mol. The molecular formula is C8H5Br2N3S.